The van der Waals surface area contributed by atoms with Crippen LogP contribution in [-0.2, 0) is 16.0 Å². The van der Waals surface area contributed by atoms with Crippen molar-refractivity contribution in [1.29, 1.82) is 0 Å². The first-order valence-electron chi connectivity index (χ1n) is 7.80. The Morgan fingerprint density at radius 2 is 2.17 bits per heavy atom. The van der Waals surface area contributed by atoms with Crippen molar-refractivity contribution in [2.45, 2.75) is 32.4 Å². The fourth-order valence-corrected chi connectivity index (χ4v) is 2.31. The van der Waals surface area contributed by atoms with Crippen molar-refractivity contribution in [3.63, 3.8) is 0 Å². The summed E-state index contributed by atoms with van der Waals surface area (Å²) in [5, 5.41) is 12.9. The number of esters is 1. The lowest BCUT2D eigenvalue weighted by molar-refractivity contribution is -0.688. The molecule has 0 unspecified atom stereocenters. The molecule has 2 rings (SSSR count). The van der Waals surface area contributed by atoms with Crippen LogP contribution >= 0.6 is 0 Å². The molecule has 6 nitrogen and oxygen atoms in total. The summed E-state index contributed by atoms with van der Waals surface area (Å²) in [6.07, 6.45) is 1.50. The Balaban J connectivity index is 2.01. The average molecular weight is 321 g/mol. The van der Waals surface area contributed by atoms with E-state index < -0.39 is 6.10 Å². The molecule has 0 radical (unpaired) electrons. The minimum absolute atomic E-state index is 0.214. The molecule has 1 heterocycles. The highest BCUT2D eigenvalue weighted by Crippen LogP contribution is 2.24. The Kier molecular flexibility index (Phi) is 6.01. The molecule has 6 heteroatoms. The highest BCUT2D eigenvalue weighted by atomic mass is 16.5. The van der Waals surface area contributed by atoms with Gasteiger partial charge in [0.15, 0.2) is 0 Å². The Morgan fingerprint density at radius 3 is 2.87 bits per heavy atom. The molecule has 0 saturated carbocycles. The number of hydrogen-bond donors (Lipinski definition) is 3. The highest BCUT2D eigenvalue weighted by molar-refractivity contribution is 5.88. The van der Waals surface area contributed by atoms with Crippen LogP contribution in [0.5, 0.6) is 5.75 Å². The maximum Gasteiger partial charge on any atom is 0.310 e. The first-order valence-corrected chi connectivity index (χ1v) is 7.80. The van der Waals surface area contributed by atoms with Crippen molar-refractivity contribution >= 4 is 16.9 Å². The number of rotatable bonds is 8. The van der Waals surface area contributed by atoms with E-state index in [1.165, 1.54) is 7.11 Å². The molecule has 0 aliphatic heterocycles. The molecular formula is C17H25N2O4+. The van der Waals surface area contributed by atoms with Crippen LogP contribution in [0.4, 0.5) is 0 Å². The summed E-state index contributed by atoms with van der Waals surface area (Å²) in [6.45, 7) is 5.01. The number of fused-ring (bicyclic) bond motifs is 1. The van der Waals surface area contributed by atoms with Crippen molar-refractivity contribution in [3.05, 3.63) is 30.0 Å². The highest BCUT2D eigenvalue weighted by Gasteiger charge is 2.12. The molecule has 1 aromatic heterocycles. The fourth-order valence-electron chi connectivity index (χ4n) is 2.31. The van der Waals surface area contributed by atoms with Gasteiger partial charge in [-0.05, 0) is 37.6 Å². The van der Waals surface area contributed by atoms with Crippen LogP contribution in [0.1, 0.15) is 19.4 Å². The van der Waals surface area contributed by atoms with Crippen LogP contribution in [0.25, 0.3) is 10.9 Å². The molecule has 23 heavy (non-hydrogen) atoms. The van der Waals surface area contributed by atoms with E-state index in [-0.39, 0.29) is 19.0 Å². The SMILES string of the molecule is COC(=O)Cc1c[nH]c2ccc(OC[C@H](O)C[NH2+]C(C)C)cc12. The summed E-state index contributed by atoms with van der Waals surface area (Å²) in [6, 6.07) is 6.07. The molecule has 4 N–H and O–H groups in total. The van der Waals surface area contributed by atoms with E-state index in [0.717, 1.165) is 16.5 Å². The molecular weight excluding hydrogens is 296 g/mol. The minimum atomic E-state index is -0.520. The second-order valence-electron chi connectivity index (χ2n) is 5.95. The lowest BCUT2D eigenvalue weighted by atomic mass is 10.1. The molecule has 1 atom stereocenters. The van der Waals surface area contributed by atoms with Gasteiger partial charge in [-0.15, -0.1) is 0 Å². The van der Waals surface area contributed by atoms with E-state index in [4.69, 9.17) is 9.47 Å². The Hall–Kier alpha value is -2.05. The maximum atomic E-state index is 11.4. The first-order chi connectivity index (χ1) is 11.0. The molecule has 2 aromatic rings. The van der Waals surface area contributed by atoms with Crippen LogP contribution in [0, 0.1) is 0 Å². The second-order valence-corrected chi connectivity index (χ2v) is 5.95. The number of ether oxygens (including phenoxy) is 2. The van der Waals surface area contributed by atoms with Crippen LogP contribution in [0.2, 0.25) is 0 Å². The molecule has 0 spiro atoms. The number of aliphatic hydroxyl groups is 1. The van der Waals surface area contributed by atoms with Crippen LogP contribution in [-0.4, -0.2) is 48.5 Å². The largest absolute Gasteiger partial charge is 0.491 e. The lowest BCUT2D eigenvalue weighted by Crippen LogP contribution is -2.90. The van der Waals surface area contributed by atoms with Gasteiger partial charge in [0, 0.05) is 17.1 Å². The van der Waals surface area contributed by atoms with Crippen LogP contribution in [0.3, 0.4) is 0 Å². The third-order valence-corrected chi connectivity index (χ3v) is 3.62. The van der Waals surface area contributed by atoms with Crippen molar-refractivity contribution in [2.24, 2.45) is 0 Å². The standard InChI is InChI=1S/C17H24N2O4/c1-11(2)18-9-13(20)10-23-14-4-5-16-15(7-14)12(8-19-16)6-17(21)22-3/h4-5,7-8,11,13,18-20H,6,9-10H2,1-3H3/p+1/t13-/m1/s1. The number of aromatic nitrogens is 1. The summed E-state index contributed by atoms with van der Waals surface area (Å²) < 4.78 is 10.4. The number of benzene rings is 1. The molecule has 1 aromatic carbocycles. The predicted octanol–water partition coefficient (Wildman–Crippen LogP) is 0.595. The average Bonchev–Trinajstić information content (AvgIpc) is 2.93. The van der Waals surface area contributed by atoms with Crippen molar-refractivity contribution in [1.82, 2.24) is 4.98 Å². The molecule has 0 aliphatic carbocycles. The fraction of sp³-hybridized carbons (Fsp3) is 0.471. The summed E-state index contributed by atoms with van der Waals surface area (Å²) >= 11 is 0. The number of methoxy groups -OCH3 is 1. The monoisotopic (exact) mass is 321 g/mol. The summed E-state index contributed by atoms with van der Waals surface area (Å²) in [4.78, 5) is 14.6. The zero-order valence-corrected chi connectivity index (χ0v) is 13.8. The molecule has 0 saturated heterocycles. The first kappa shape index (κ1) is 17.3. The van der Waals surface area contributed by atoms with E-state index in [9.17, 15) is 9.90 Å². The number of aromatic amines is 1. The molecule has 0 amide bonds. The van der Waals surface area contributed by atoms with E-state index in [1.54, 1.807) is 6.20 Å². The minimum Gasteiger partial charge on any atom is -0.491 e. The zero-order chi connectivity index (χ0) is 16.8. The zero-order valence-electron chi connectivity index (χ0n) is 13.8. The van der Waals surface area contributed by atoms with Gasteiger partial charge in [-0.25, -0.2) is 0 Å². The summed E-state index contributed by atoms with van der Waals surface area (Å²) in [5.41, 5.74) is 1.80. The number of nitrogens with one attached hydrogen (secondary N) is 1. The smallest absolute Gasteiger partial charge is 0.310 e. The Morgan fingerprint density at radius 1 is 1.39 bits per heavy atom. The van der Waals surface area contributed by atoms with E-state index >= 15 is 0 Å². The third-order valence-electron chi connectivity index (χ3n) is 3.62. The van der Waals surface area contributed by atoms with Gasteiger partial charge in [0.05, 0.1) is 19.6 Å². The second kappa shape index (κ2) is 7.99. The van der Waals surface area contributed by atoms with Crippen molar-refractivity contribution < 1.29 is 24.7 Å². The normalized spacial score (nSPS) is 12.6. The third kappa shape index (κ3) is 4.97. The molecule has 126 valence electrons. The van der Waals surface area contributed by atoms with Crippen molar-refractivity contribution in [3.8, 4) is 5.75 Å². The van der Waals surface area contributed by atoms with Gasteiger partial charge in [-0.2, -0.15) is 0 Å². The number of hydrogen-bond acceptors (Lipinski definition) is 4. The lowest BCUT2D eigenvalue weighted by Gasteiger charge is -2.13. The van der Waals surface area contributed by atoms with E-state index in [2.05, 4.69) is 24.1 Å². The van der Waals surface area contributed by atoms with Gasteiger partial charge in [-0.1, -0.05) is 0 Å². The topological polar surface area (TPSA) is 88.2 Å². The number of aliphatic hydroxyl groups excluding tert-OH is 1. The Labute approximate surface area is 135 Å². The maximum absolute atomic E-state index is 11.4. The summed E-state index contributed by atoms with van der Waals surface area (Å²) in [7, 11) is 1.38. The number of nitrogens with two attached hydrogens (primary N) is 1. The van der Waals surface area contributed by atoms with Gasteiger partial charge < -0.3 is 24.9 Å². The van der Waals surface area contributed by atoms with Crippen LogP contribution < -0.4 is 10.1 Å². The summed E-state index contributed by atoms with van der Waals surface area (Å²) in [5.74, 6) is 0.392. The van der Waals surface area contributed by atoms with Gasteiger partial charge in [-0.3, -0.25) is 4.79 Å². The molecule has 0 aliphatic rings. The van der Waals surface area contributed by atoms with Crippen molar-refractivity contribution in [2.75, 3.05) is 20.3 Å². The van der Waals surface area contributed by atoms with E-state index in [0.29, 0.717) is 18.3 Å². The van der Waals surface area contributed by atoms with Gasteiger partial charge in [0.25, 0.3) is 0 Å². The number of carbonyl (C=O) groups excluding carboxylic acids is 1. The number of carbonyl (C=O) groups is 1. The predicted molar refractivity (Wildman–Crippen MR) is 87.4 cm³/mol. The quantitative estimate of drug-likeness (QED) is 0.621. The molecule has 0 fully saturated rings. The van der Waals surface area contributed by atoms with Gasteiger partial charge in [0.2, 0.25) is 0 Å². The number of quaternary nitrogens is 1. The Bertz CT molecular complexity index is 651. The van der Waals surface area contributed by atoms with Gasteiger partial charge >= 0.3 is 5.97 Å². The van der Waals surface area contributed by atoms with E-state index in [1.807, 2.05) is 18.2 Å². The van der Waals surface area contributed by atoms with Crippen LogP contribution in [0.15, 0.2) is 24.4 Å². The number of H-pyrrole nitrogens is 1. The molecule has 0 bridgehead atoms. The van der Waals surface area contributed by atoms with Gasteiger partial charge in [0.1, 0.15) is 25.0 Å².